The Morgan fingerprint density at radius 1 is 1.27 bits per heavy atom. The maximum absolute atomic E-state index is 13.2. The first kappa shape index (κ1) is 15.7. The van der Waals surface area contributed by atoms with E-state index >= 15 is 0 Å². The molecular formula is C14H11ClFN3O3. The predicted octanol–water partition coefficient (Wildman–Crippen LogP) is 3.07. The summed E-state index contributed by atoms with van der Waals surface area (Å²) in [6, 6.07) is 10.0. The normalized spacial score (nSPS) is 10.1. The number of nitrogens with zero attached hydrogens (tertiary/aromatic N) is 1. The van der Waals surface area contributed by atoms with Crippen LogP contribution in [0.4, 0.5) is 15.8 Å². The third-order valence-electron chi connectivity index (χ3n) is 2.74. The molecule has 0 saturated carbocycles. The number of hydrazine groups is 1. The summed E-state index contributed by atoms with van der Waals surface area (Å²) in [5, 5.41) is 11.1. The fourth-order valence-corrected chi connectivity index (χ4v) is 1.96. The van der Waals surface area contributed by atoms with Gasteiger partial charge in [0.05, 0.1) is 17.0 Å². The van der Waals surface area contributed by atoms with Gasteiger partial charge in [0.25, 0.3) is 0 Å². The van der Waals surface area contributed by atoms with E-state index in [-0.39, 0.29) is 18.0 Å². The Hall–Kier alpha value is -2.67. The second kappa shape index (κ2) is 6.86. The molecule has 0 heterocycles. The highest BCUT2D eigenvalue weighted by molar-refractivity contribution is 6.30. The summed E-state index contributed by atoms with van der Waals surface area (Å²) in [5.74, 6) is -1.31. The molecule has 0 bridgehead atoms. The van der Waals surface area contributed by atoms with Gasteiger partial charge in [-0.1, -0.05) is 23.7 Å². The van der Waals surface area contributed by atoms with E-state index in [9.17, 15) is 19.3 Å². The van der Waals surface area contributed by atoms with Crippen molar-refractivity contribution < 1.29 is 14.1 Å². The zero-order valence-electron chi connectivity index (χ0n) is 11.2. The summed E-state index contributed by atoms with van der Waals surface area (Å²) < 4.78 is 13.2. The number of halogens is 2. The lowest BCUT2D eigenvalue weighted by Crippen LogP contribution is -2.30. The number of rotatable bonds is 5. The molecule has 0 unspecified atom stereocenters. The van der Waals surface area contributed by atoms with E-state index in [0.717, 1.165) is 17.7 Å². The minimum absolute atomic E-state index is 0.0802. The van der Waals surface area contributed by atoms with Crippen LogP contribution in [0.1, 0.15) is 5.56 Å². The summed E-state index contributed by atoms with van der Waals surface area (Å²) >= 11 is 5.82. The molecule has 2 aromatic carbocycles. The van der Waals surface area contributed by atoms with Crippen molar-refractivity contribution in [1.82, 2.24) is 5.43 Å². The molecule has 0 spiro atoms. The number of nitro benzene ring substituents is 1. The lowest BCUT2D eigenvalue weighted by atomic mass is 10.1. The molecule has 0 radical (unpaired) electrons. The molecule has 22 heavy (non-hydrogen) atoms. The van der Waals surface area contributed by atoms with Crippen LogP contribution in [-0.2, 0) is 11.2 Å². The zero-order valence-corrected chi connectivity index (χ0v) is 11.9. The molecule has 2 N–H and O–H groups in total. The summed E-state index contributed by atoms with van der Waals surface area (Å²) in [7, 11) is 0. The molecule has 0 aliphatic heterocycles. The second-order valence-corrected chi connectivity index (χ2v) is 4.84. The topological polar surface area (TPSA) is 84.3 Å². The van der Waals surface area contributed by atoms with Gasteiger partial charge in [0.15, 0.2) is 0 Å². The molecule has 1 amide bonds. The van der Waals surface area contributed by atoms with Crippen LogP contribution in [0.5, 0.6) is 0 Å². The Bertz CT molecular complexity index is 724. The first-order chi connectivity index (χ1) is 10.5. The standard InChI is InChI=1S/C14H11ClFN3O3/c15-10-3-1-2-9(6-10)7-14(20)18-17-11-4-5-12(16)13(8-11)19(21)22/h1-6,8,17H,7H2,(H,18,20). The molecule has 0 fully saturated rings. The van der Waals surface area contributed by atoms with Crippen molar-refractivity contribution in [2.24, 2.45) is 0 Å². The first-order valence-corrected chi connectivity index (χ1v) is 6.57. The van der Waals surface area contributed by atoms with Gasteiger partial charge in [-0.15, -0.1) is 0 Å². The molecule has 114 valence electrons. The number of nitrogens with one attached hydrogen (secondary N) is 2. The Labute approximate surface area is 130 Å². The highest BCUT2D eigenvalue weighted by Gasteiger charge is 2.14. The number of hydrogen-bond acceptors (Lipinski definition) is 4. The van der Waals surface area contributed by atoms with Crippen molar-refractivity contribution >= 4 is 28.9 Å². The molecule has 2 aromatic rings. The van der Waals surface area contributed by atoms with Crippen LogP contribution >= 0.6 is 11.6 Å². The Morgan fingerprint density at radius 2 is 2.05 bits per heavy atom. The van der Waals surface area contributed by atoms with Gasteiger partial charge in [-0.05, 0) is 29.8 Å². The van der Waals surface area contributed by atoms with Crippen molar-refractivity contribution in [3.8, 4) is 0 Å². The van der Waals surface area contributed by atoms with Crippen LogP contribution in [-0.4, -0.2) is 10.8 Å². The molecule has 0 aliphatic carbocycles. The van der Waals surface area contributed by atoms with Crippen molar-refractivity contribution in [2.75, 3.05) is 5.43 Å². The van der Waals surface area contributed by atoms with Crippen molar-refractivity contribution in [3.63, 3.8) is 0 Å². The predicted molar refractivity (Wildman–Crippen MR) is 80.0 cm³/mol. The minimum atomic E-state index is -0.944. The summed E-state index contributed by atoms with van der Waals surface area (Å²) in [6.07, 6.45) is 0.0802. The quantitative estimate of drug-likeness (QED) is 0.654. The van der Waals surface area contributed by atoms with Crippen LogP contribution in [0.2, 0.25) is 5.02 Å². The molecule has 0 atom stereocenters. The van der Waals surface area contributed by atoms with E-state index in [1.54, 1.807) is 24.3 Å². The third kappa shape index (κ3) is 4.16. The van der Waals surface area contributed by atoms with Gasteiger partial charge < -0.3 is 0 Å². The van der Waals surface area contributed by atoms with E-state index in [1.807, 2.05) is 0 Å². The fraction of sp³-hybridized carbons (Fsp3) is 0.0714. The van der Waals surface area contributed by atoms with Crippen LogP contribution in [0.25, 0.3) is 0 Å². The summed E-state index contributed by atoms with van der Waals surface area (Å²) in [5.41, 5.74) is 5.12. The summed E-state index contributed by atoms with van der Waals surface area (Å²) in [6.45, 7) is 0. The second-order valence-electron chi connectivity index (χ2n) is 4.40. The Balaban J connectivity index is 1.96. The first-order valence-electron chi connectivity index (χ1n) is 6.19. The fourth-order valence-electron chi connectivity index (χ4n) is 1.75. The molecular weight excluding hydrogens is 313 g/mol. The molecule has 2 rings (SSSR count). The van der Waals surface area contributed by atoms with Crippen LogP contribution < -0.4 is 10.9 Å². The van der Waals surface area contributed by atoms with Crippen LogP contribution in [0.15, 0.2) is 42.5 Å². The van der Waals surface area contributed by atoms with E-state index in [0.29, 0.717) is 5.02 Å². The molecule has 6 nitrogen and oxygen atoms in total. The van der Waals surface area contributed by atoms with Crippen molar-refractivity contribution in [3.05, 3.63) is 69.0 Å². The highest BCUT2D eigenvalue weighted by Crippen LogP contribution is 2.21. The number of carbonyl (C=O) groups is 1. The van der Waals surface area contributed by atoms with Crippen LogP contribution in [0.3, 0.4) is 0 Å². The molecule has 0 saturated heterocycles. The van der Waals surface area contributed by atoms with Gasteiger partial charge in [0, 0.05) is 11.1 Å². The van der Waals surface area contributed by atoms with Gasteiger partial charge in [0.2, 0.25) is 11.7 Å². The number of nitro groups is 1. The molecule has 8 heteroatoms. The number of hydrogen-bond donors (Lipinski definition) is 2. The maximum atomic E-state index is 13.2. The monoisotopic (exact) mass is 323 g/mol. The Morgan fingerprint density at radius 3 is 2.73 bits per heavy atom. The minimum Gasteiger partial charge on any atom is -0.298 e. The van der Waals surface area contributed by atoms with Crippen molar-refractivity contribution in [1.29, 1.82) is 0 Å². The average Bonchev–Trinajstić information content (AvgIpc) is 2.46. The van der Waals surface area contributed by atoms with E-state index in [1.165, 1.54) is 6.07 Å². The average molecular weight is 324 g/mol. The van der Waals surface area contributed by atoms with E-state index < -0.39 is 16.4 Å². The van der Waals surface area contributed by atoms with Gasteiger partial charge >= 0.3 is 5.69 Å². The van der Waals surface area contributed by atoms with Crippen LogP contribution in [0, 0.1) is 15.9 Å². The lowest BCUT2D eigenvalue weighted by Gasteiger charge is -2.08. The number of amides is 1. The number of benzene rings is 2. The zero-order chi connectivity index (χ0) is 16.1. The maximum Gasteiger partial charge on any atom is 0.306 e. The SMILES string of the molecule is O=C(Cc1cccc(Cl)c1)NNc1ccc(F)c([N+](=O)[O-])c1. The van der Waals surface area contributed by atoms with Crippen molar-refractivity contribution in [2.45, 2.75) is 6.42 Å². The van der Waals surface area contributed by atoms with Gasteiger partial charge in [-0.25, -0.2) is 0 Å². The number of carbonyl (C=O) groups excluding carboxylic acids is 1. The smallest absolute Gasteiger partial charge is 0.298 e. The lowest BCUT2D eigenvalue weighted by molar-refractivity contribution is -0.387. The molecule has 0 aliphatic rings. The third-order valence-corrected chi connectivity index (χ3v) is 2.98. The molecule has 0 aromatic heterocycles. The van der Waals surface area contributed by atoms with E-state index in [4.69, 9.17) is 11.6 Å². The largest absolute Gasteiger partial charge is 0.306 e. The van der Waals surface area contributed by atoms with Gasteiger partial charge in [-0.3, -0.25) is 25.8 Å². The van der Waals surface area contributed by atoms with Gasteiger partial charge in [0.1, 0.15) is 0 Å². The summed E-state index contributed by atoms with van der Waals surface area (Å²) in [4.78, 5) is 21.5. The van der Waals surface area contributed by atoms with Gasteiger partial charge in [-0.2, -0.15) is 4.39 Å². The van der Waals surface area contributed by atoms with E-state index in [2.05, 4.69) is 10.9 Å². The number of anilines is 1. The highest BCUT2D eigenvalue weighted by atomic mass is 35.5. The Kier molecular flexibility index (Phi) is 4.90.